The lowest BCUT2D eigenvalue weighted by molar-refractivity contribution is -0.137. The van der Waals surface area contributed by atoms with Gasteiger partial charge >= 0.3 is 12.1 Å². The monoisotopic (exact) mass is 360 g/mol. The third kappa shape index (κ3) is 3.75. The Kier molecular flexibility index (Phi) is 4.22. The molecular weight excluding hydrogens is 353 g/mol. The summed E-state index contributed by atoms with van der Waals surface area (Å²) in [6.07, 6.45) is -4.40. The highest BCUT2D eigenvalue weighted by Crippen LogP contribution is 2.33. The second-order valence-corrected chi connectivity index (χ2v) is 4.93. The van der Waals surface area contributed by atoms with Crippen molar-refractivity contribution in [1.82, 2.24) is 0 Å². The fourth-order valence-corrected chi connectivity index (χ4v) is 2.02. The molecule has 0 heterocycles. The summed E-state index contributed by atoms with van der Waals surface area (Å²) < 4.78 is 43.1. The summed E-state index contributed by atoms with van der Waals surface area (Å²) in [4.78, 5) is 10.8. The van der Waals surface area contributed by atoms with Gasteiger partial charge in [-0.3, -0.25) is 0 Å². The Morgan fingerprint density at radius 2 is 1.71 bits per heavy atom. The summed E-state index contributed by atoms with van der Waals surface area (Å²) in [5.41, 5.74) is -0.697. The van der Waals surface area contributed by atoms with Gasteiger partial charge in [0.2, 0.25) is 0 Å². The van der Waals surface area contributed by atoms with Crippen molar-refractivity contribution in [3.05, 3.63) is 58.1 Å². The minimum absolute atomic E-state index is 0.0710. The van der Waals surface area contributed by atoms with E-state index in [9.17, 15) is 18.0 Å². The lowest BCUT2D eigenvalue weighted by Gasteiger charge is -2.10. The predicted octanol–water partition coefficient (Wildman–Crippen LogP) is 4.96. The Morgan fingerprint density at radius 3 is 2.19 bits per heavy atom. The number of benzene rings is 2. The highest BCUT2D eigenvalue weighted by atomic mass is 79.9. The Hall–Kier alpha value is -2.02. The molecule has 0 aliphatic rings. The van der Waals surface area contributed by atoms with Crippen molar-refractivity contribution in [2.24, 2.45) is 0 Å². The Labute approximate surface area is 126 Å². The van der Waals surface area contributed by atoms with Gasteiger partial charge in [-0.2, -0.15) is 13.2 Å². The van der Waals surface area contributed by atoms with Gasteiger partial charge < -0.3 is 9.84 Å². The minimum atomic E-state index is -4.40. The fourth-order valence-electron chi connectivity index (χ4n) is 1.56. The van der Waals surface area contributed by atoms with Crippen molar-refractivity contribution in [2.45, 2.75) is 6.18 Å². The van der Waals surface area contributed by atoms with Gasteiger partial charge in [-0.05, 0) is 58.4 Å². The van der Waals surface area contributed by atoms with Crippen molar-refractivity contribution in [3.63, 3.8) is 0 Å². The summed E-state index contributed by atoms with van der Waals surface area (Å²) in [7, 11) is 0. The molecule has 0 atom stereocenters. The summed E-state index contributed by atoms with van der Waals surface area (Å²) in [6, 6.07) is 8.32. The Morgan fingerprint density at radius 1 is 1.10 bits per heavy atom. The van der Waals surface area contributed by atoms with E-state index in [1.165, 1.54) is 30.3 Å². The van der Waals surface area contributed by atoms with Crippen molar-refractivity contribution < 1.29 is 27.8 Å². The third-order valence-electron chi connectivity index (χ3n) is 2.59. The van der Waals surface area contributed by atoms with Crippen LogP contribution in [0.2, 0.25) is 0 Å². The number of halogens is 4. The van der Waals surface area contributed by atoms with Gasteiger partial charge in [0, 0.05) is 0 Å². The molecule has 0 spiro atoms. The van der Waals surface area contributed by atoms with Crippen LogP contribution in [0.25, 0.3) is 0 Å². The van der Waals surface area contributed by atoms with Gasteiger partial charge in [-0.15, -0.1) is 0 Å². The molecule has 2 rings (SSSR count). The molecule has 0 fully saturated rings. The van der Waals surface area contributed by atoms with Crippen LogP contribution >= 0.6 is 15.9 Å². The zero-order valence-electron chi connectivity index (χ0n) is 10.3. The molecule has 0 unspecified atom stereocenters. The van der Waals surface area contributed by atoms with Crippen molar-refractivity contribution in [3.8, 4) is 11.5 Å². The normalized spacial score (nSPS) is 11.2. The van der Waals surface area contributed by atoms with Gasteiger partial charge in [0.15, 0.2) is 0 Å². The fraction of sp³-hybridized carbons (Fsp3) is 0.0714. The highest BCUT2D eigenvalue weighted by molar-refractivity contribution is 9.10. The topological polar surface area (TPSA) is 46.5 Å². The van der Waals surface area contributed by atoms with Gasteiger partial charge in [0.25, 0.3) is 0 Å². The van der Waals surface area contributed by atoms with Gasteiger partial charge in [-0.1, -0.05) is 0 Å². The quantitative estimate of drug-likeness (QED) is 0.841. The molecule has 2 aromatic carbocycles. The smallest absolute Gasteiger partial charge is 0.416 e. The van der Waals surface area contributed by atoms with Gasteiger partial charge in [-0.25, -0.2) is 4.79 Å². The lowest BCUT2D eigenvalue weighted by atomic mass is 10.2. The zero-order chi connectivity index (χ0) is 15.6. The molecule has 1 N–H and O–H groups in total. The number of ether oxygens (including phenoxy) is 1. The summed E-state index contributed by atoms with van der Waals surface area (Å²) >= 11 is 3.15. The molecule has 0 amide bonds. The van der Waals surface area contributed by atoms with E-state index in [-0.39, 0.29) is 11.3 Å². The number of carbonyl (C=O) groups is 1. The van der Waals surface area contributed by atoms with E-state index in [2.05, 4.69) is 15.9 Å². The van der Waals surface area contributed by atoms with Crippen LogP contribution in [0.3, 0.4) is 0 Å². The van der Waals surface area contributed by atoms with Crippen LogP contribution < -0.4 is 4.74 Å². The second-order valence-electron chi connectivity index (χ2n) is 4.07. The molecule has 7 heteroatoms. The van der Waals surface area contributed by atoms with E-state index in [0.717, 1.165) is 12.1 Å². The molecule has 3 nitrogen and oxygen atoms in total. The van der Waals surface area contributed by atoms with E-state index in [0.29, 0.717) is 10.2 Å². The van der Waals surface area contributed by atoms with Crippen LogP contribution in [0.15, 0.2) is 46.9 Å². The predicted molar refractivity (Wildman–Crippen MR) is 72.6 cm³/mol. The third-order valence-corrected chi connectivity index (χ3v) is 3.21. The first-order valence-electron chi connectivity index (χ1n) is 5.65. The second kappa shape index (κ2) is 5.77. The maximum Gasteiger partial charge on any atom is 0.416 e. The van der Waals surface area contributed by atoms with Gasteiger partial charge in [0.1, 0.15) is 11.5 Å². The number of hydrogen-bond acceptors (Lipinski definition) is 2. The molecular formula is C14H8BrF3O3. The first kappa shape index (κ1) is 15.4. The largest absolute Gasteiger partial charge is 0.478 e. The number of rotatable bonds is 3. The lowest BCUT2D eigenvalue weighted by Crippen LogP contribution is -2.04. The summed E-state index contributed by atoms with van der Waals surface area (Å²) in [5.74, 6) is -0.566. The SMILES string of the molecule is O=C(O)c1ccc(Oc2ccc(C(F)(F)F)cc2)c(Br)c1. The average Bonchev–Trinajstić information content (AvgIpc) is 2.40. The van der Waals surface area contributed by atoms with E-state index >= 15 is 0 Å². The van der Waals surface area contributed by atoms with E-state index in [1.807, 2.05) is 0 Å². The molecule has 0 aliphatic heterocycles. The first-order chi connectivity index (χ1) is 9.77. The average molecular weight is 361 g/mol. The Bertz CT molecular complexity index is 666. The molecule has 21 heavy (non-hydrogen) atoms. The zero-order valence-corrected chi connectivity index (χ0v) is 11.9. The van der Waals surface area contributed by atoms with E-state index < -0.39 is 17.7 Å². The van der Waals surface area contributed by atoms with Crippen LogP contribution in [0.4, 0.5) is 13.2 Å². The standard InChI is InChI=1S/C14H8BrF3O3/c15-11-7-8(13(19)20)1-6-12(11)21-10-4-2-9(3-5-10)14(16,17)18/h1-7H,(H,19,20). The van der Waals surface area contributed by atoms with Crippen molar-refractivity contribution >= 4 is 21.9 Å². The summed E-state index contributed by atoms with van der Waals surface area (Å²) in [5, 5.41) is 8.83. The molecule has 0 saturated carbocycles. The maximum absolute atomic E-state index is 12.4. The van der Waals surface area contributed by atoms with Crippen LogP contribution in [0.1, 0.15) is 15.9 Å². The molecule has 0 bridgehead atoms. The molecule has 110 valence electrons. The number of alkyl halides is 3. The molecule has 0 aromatic heterocycles. The summed E-state index contributed by atoms with van der Waals surface area (Å²) in [6.45, 7) is 0. The van der Waals surface area contributed by atoms with E-state index in [4.69, 9.17) is 9.84 Å². The first-order valence-corrected chi connectivity index (χ1v) is 6.44. The number of carboxylic acid groups (broad SMARTS) is 1. The van der Waals surface area contributed by atoms with Gasteiger partial charge in [0.05, 0.1) is 15.6 Å². The van der Waals surface area contributed by atoms with Crippen LogP contribution in [0, 0.1) is 0 Å². The van der Waals surface area contributed by atoms with Crippen LogP contribution in [-0.4, -0.2) is 11.1 Å². The molecule has 0 saturated heterocycles. The number of carboxylic acids is 1. The molecule has 0 radical (unpaired) electrons. The minimum Gasteiger partial charge on any atom is -0.478 e. The van der Waals surface area contributed by atoms with Crippen LogP contribution in [0.5, 0.6) is 11.5 Å². The number of aromatic carboxylic acids is 1. The Balaban J connectivity index is 2.20. The maximum atomic E-state index is 12.4. The molecule has 0 aliphatic carbocycles. The van der Waals surface area contributed by atoms with E-state index in [1.54, 1.807) is 0 Å². The van der Waals surface area contributed by atoms with Crippen molar-refractivity contribution in [2.75, 3.05) is 0 Å². The van der Waals surface area contributed by atoms with Crippen molar-refractivity contribution in [1.29, 1.82) is 0 Å². The molecule has 2 aromatic rings. The number of hydrogen-bond donors (Lipinski definition) is 1. The highest BCUT2D eigenvalue weighted by Gasteiger charge is 2.30. The van der Waals surface area contributed by atoms with Crippen LogP contribution in [-0.2, 0) is 6.18 Å².